The van der Waals surface area contributed by atoms with Crippen molar-refractivity contribution >= 4 is 8.32 Å². The van der Waals surface area contributed by atoms with Gasteiger partial charge in [-0.2, -0.15) is 17.9 Å². The fraction of sp³-hybridized carbons (Fsp3) is 0.694. The zero-order chi connectivity index (χ0) is 32.7. The standard InChI is InChI=1S/C36H48F3NO5Si/c1-33(2,3)46(4,5)45-27-22-34(13-6-14-34)21-26-28(27)30-29(31(40(26)41)23-11-17-42-18-12-23)32(44-35(30)15-19-43-20-16-35)24-7-9-25(10-8-24)36(37,38)39/h7-10,23,27,32H,6,11-22H2,1-5H3/t27-,32+/m0/s1. The van der Waals surface area contributed by atoms with E-state index in [4.69, 9.17) is 18.6 Å². The van der Waals surface area contributed by atoms with E-state index < -0.39 is 31.8 Å². The molecule has 3 aliphatic heterocycles. The van der Waals surface area contributed by atoms with Gasteiger partial charge in [0.1, 0.15) is 6.10 Å². The van der Waals surface area contributed by atoms with Gasteiger partial charge < -0.3 is 23.8 Å². The Hall–Kier alpha value is -1.98. The number of alkyl halides is 3. The minimum atomic E-state index is -4.44. The molecule has 7 rings (SSSR count). The summed E-state index contributed by atoms with van der Waals surface area (Å²) >= 11 is 0. The molecular weight excluding hydrogens is 611 g/mol. The van der Waals surface area contributed by atoms with Crippen LogP contribution in [0.1, 0.15) is 129 Å². The van der Waals surface area contributed by atoms with E-state index in [1.807, 2.05) is 0 Å². The first-order valence-electron chi connectivity index (χ1n) is 17.2. The maximum absolute atomic E-state index is 15.0. The highest BCUT2D eigenvalue weighted by molar-refractivity contribution is 6.74. The maximum Gasteiger partial charge on any atom is 0.416 e. The molecule has 0 radical (unpaired) electrons. The molecule has 2 aromatic rings. The van der Waals surface area contributed by atoms with Gasteiger partial charge in [0.2, 0.25) is 5.69 Å². The molecule has 2 aliphatic carbocycles. The summed E-state index contributed by atoms with van der Waals surface area (Å²) in [5.74, 6) is -0.0279. The van der Waals surface area contributed by atoms with Gasteiger partial charge in [-0.15, -0.1) is 0 Å². The Morgan fingerprint density at radius 2 is 1.54 bits per heavy atom. The molecule has 1 aromatic heterocycles. The van der Waals surface area contributed by atoms with Crippen molar-refractivity contribution in [1.29, 1.82) is 0 Å². The van der Waals surface area contributed by atoms with E-state index in [9.17, 15) is 13.2 Å². The van der Waals surface area contributed by atoms with E-state index in [2.05, 4.69) is 33.9 Å². The van der Waals surface area contributed by atoms with Crippen LogP contribution in [0.25, 0.3) is 0 Å². The summed E-state index contributed by atoms with van der Waals surface area (Å²) in [7, 11) is -2.27. The molecule has 4 heterocycles. The van der Waals surface area contributed by atoms with Crippen LogP contribution >= 0.6 is 0 Å². The van der Waals surface area contributed by atoms with Crippen LogP contribution < -0.4 is 4.73 Å². The molecular formula is C36H48F3NO5Si. The zero-order valence-electron chi connectivity index (χ0n) is 27.9. The van der Waals surface area contributed by atoms with Gasteiger partial charge in [0.15, 0.2) is 14.0 Å². The Bertz CT molecular complexity index is 1470. The Morgan fingerprint density at radius 1 is 0.913 bits per heavy atom. The van der Waals surface area contributed by atoms with E-state index >= 15 is 5.21 Å². The SMILES string of the molecule is CC(C)(C)[Si](C)(C)O[C@H]1CC2(CCC2)Cc2c1c1c(c(C3CCOCC3)[n+]2[O-])[C@@H](c2ccc(C(F)(F)F)cc2)OC12CCOCC2. The van der Waals surface area contributed by atoms with Crippen molar-refractivity contribution in [2.75, 3.05) is 26.4 Å². The molecule has 6 nitrogen and oxygen atoms in total. The van der Waals surface area contributed by atoms with Gasteiger partial charge >= 0.3 is 6.18 Å². The topological polar surface area (TPSA) is 63.9 Å². The highest BCUT2D eigenvalue weighted by Gasteiger charge is 2.58. The molecule has 10 heteroatoms. The summed E-state index contributed by atoms with van der Waals surface area (Å²) < 4.78 is 68.2. The van der Waals surface area contributed by atoms with Crippen molar-refractivity contribution < 1.29 is 36.5 Å². The number of aromatic nitrogens is 1. The van der Waals surface area contributed by atoms with Crippen LogP contribution in [0.15, 0.2) is 24.3 Å². The molecule has 2 spiro atoms. The van der Waals surface area contributed by atoms with Crippen molar-refractivity contribution in [1.82, 2.24) is 0 Å². The Balaban J connectivity index is 1.49. The number of benzene rings is 1. The molecule has 0 N–H and O–H groups in total. The number of halogens is 3. The number of pyridine rings is 1. The van der Waals surface area contributed by atoms with Crippen LogP contribution in [0.3, 0.4) is 0 Å². The first kappa shape index (κ1) is 32.6. The third-order valence-electron chi connectivity index (χ3n) is 12.2. The molecule has 1 aromatic carbocycles. The number of fused-ring (bicyclic) bond motifs is 4. The van der Waals surface area contributed by atoms with Crippen molar-refractivity contribution in [2.24, 2.45) is 5.41 Å². The van der Waals surface area contributed by atoms with Crippen molar-refractivity contribution in [2.45, 2.75) is 127 Å². The average Bonchev–Trinajstić information content (AvgIpc) is 3.29. The van der Waals surface area contributed by atoms with E-state index in [1.165, 1.54) is 23.3 Å². The quantitative estimate of drug-likeness (QED) is 0.187. The van der Waals surface area contributed by atoms with Crippen LogP contribution in [0, 0.1) is 10.6 Å². The highest BCUT2D eigenvalue weighted by atomic mass is 28.4. The lowest BCUT2D eigenvalue weighted by Gasteiger charge is -2.50. The first-order valence-corrected chi connectivity index (χ1v) is 20.1. The van der Waals surface area contributed by atoms with Crippen molar-refractivity contribution in [3.63, 3.8) is 0 Å². The normalized spacial score (nSPS) is 26.2. The van der Waals surface area contributed by atoms with Gasteiger partial charge in [-0.05, 0) is 73.3 Å². The summed E-state index contributed by atoms with van der Waals surface area (Å²) in [6.45, 7) is 13.5. The van der Waals surface area contributed by atoms with Crippen LogP contribution in [-0.2, 0) is 36.8 Å². The van der Waals surface area contributed by atoms with Gasteiger partial charge in [0.25, 0.3) is 0 Å². The molecule has 0 bridgehead atoms. The van der Waals surface area contributed by atoms with E-state index in [-0.39, 0.29) is 22.5 Å². The lowest BCUT2D eigenvalue weighted by Crippen LogP contribution is -2.52. The van der Waals surface area contributed by atoms with Crippen molar-refractivity contribution in [3.8, 4) is 0 Å². The van der Waals surface area contributed by atoms with E-state index in [0.29, 0.717) is 44.8 Å². The second-order valence-electron chi connectivity index (χ2n) is 16.0. The van der Waals surface area contributed by atoms with Gasteiger partial charge in [-0.1, -0.05) is 39.3 Å². The second kappa shape index (κ2) is 11.3. The summed E-state index contributed by atoms with van der Waals surface area (Å²) in [6.07, 6.45) is 2.31. The van der Waals surface area contributed by atoms with Gasteiger partial charge in [0, 0.05) is 57.2 Å². The summed E-state index contributed by atoms with van der Waals surface area (Å²) in [5, 5.41) is 15.0. The molecule has 2 saturated heterocycles. The largest absolute Gasteiger partial charge is 0.618 e. The van der Waals surface area contributed by atoms with Crippen LogP contribution in [0.5, 0.6) is 0 Å². The third kappa shape index (κ3) is 5.34. The van der Waals surface area contributed by atoms with E-state index in [0.717, 1.165) is 78.7 Å². The maximum atomic E-state index is 15.0. The summed E-state index contributed by atoms with van der Waals surface area (Å²) in [4.78, 5) is 0. The first-order chi connectivity index (χ1) is 21.6. The number of hydrogen-bond acceptors (Lipinski definition) is 5. The smallest absolute Gasteiger partial charge is 0.416 e. The van der Waals surface area contributed by atoms with E-state index in [1.54, 1.807) is 0 Å². The number of hydrogen-bond donors (Lipinski definition) is 0. The van der Waals surface area contributed by atoms with Crippen LogP contribution in [0.2, 0.25) is 18.1 Å². The molecule has 0 unspecified atom stereocenters. The number of ether oxygens (including phenoxy) is 3. The predicted octanol–water partition coefficient (Wildman–Crippen LogP) is 8.54. The average molecular weight is 660 g/mol. The minimum absolute atomic E-state index is 0.0222. The fourth-order valence-electron chi connectivity index (χ4n) is 8.52. The fourth-order valence-corrected chi connectivity index (χ4v) is 9.78. The number of nitrogens with zero attached hydrogens (tertiary/aromatic N) is 1. The molecule has 252 valence electrons. The van der Waals surface area contributed by atoms with Crippen LogP contribution in [-0.4, -0.2) is 34.7 Å². The van der Waals surface area contributed by atoms with Crippen molar-refractivity contribution in [3.05, 3.63) is 68.7 Å². The Kier molecular flexibility index (Phi) is 7.99. The lowest BCUT2D eigenvalue weighted by atomic mass is 9.58. The second-order valence-corrected chi connectivity index (χ2v) is 20.8. The lowest BCUT2D eigenvalue weighted by molar-refractivity contribution is -0.627. The van der Waals surface area contributed by atoms with Gasteiger partial charge in [-0.3, -0.25) is 0 Å². The minimum Gasteiger partial charge on any atom is -0.618 e. The molecule has 5 aliphatic rings. The van der Waals surface area contributed by atoms with Crippen LogP contribution in [0.4, 0.5) is 13.2 Å². The molecule has 2 atom stereocenters. The molecule has 46 heavy (non-hydrogen) atoms. The zero-order valence-corrected chi connectivity index (χ0v) is 28.9. The molecule has 0 amide bonds. The summed E-state index contributed by atoms with van der Waals surface area (Å²) in [6, 6.07) is 5.33. The Morgan fingerprint density at radius 3 is 2.11 bits per heavy atom. The third-order valence-corrected chi connectivity index (χ3v) is 16.7. The van der Waals surface area contributed by atoms with Gasteiger partial charge in [0.05, 0.1) is 28.4 Å². The Labute approximate surface area is 271 Å². The molecule has 1 saturated carbocycles. The highest BCUT2D eigenvalue weighted by Crippen LogP contribution is 2.61. The monoisotopic (exact) mass is 659 g/mol. The molecule has 3 fully saturated rings. The summed E-state index contributed by atoms with van der Waals surface area (Å²) in [5.41, 5.74) is 3.78. The number of rotatable bonds is 4. The van der Waals surface area contributed by atoms with Gasteiger partial charge in [-0.25, -0.2) is 0 Å². The predicted molar refractivity (Wildman–Crippen MR) is 170 cm³/mol.